The van der Waals surface area contributed by atoms with Crippen molar-refractivity contribution in [2.24, 2.45) is 5.92 Å². The zero-order valence-corrected chi connectivity index (χ0v) is 16.4. The monoisotopic (exact) mass is 459 g/mol. The van der Waals surface area contributed by atoms with Gasteiger partial charge in [0.15, 0.2) is 5.82 Å². The molecule has 0 bridgehead atoms. The highest BCUT2D eigenvalue weighted by atomic mass is 127. The molecule has 0 radical (unpaired) electrons. The van der Waals surface area contributed by atoms with E-state index in [9.17, 15) is 0 Å². The van der Waals surface area contributed by atoms with Crippen LogP contribution in [-0.4, -0.2) is 9.97 Å². The summed E-state index contributed by atoms with van der Waals surface area (Å²) >= 11 is 5.83. The van der Waals surface area contributed by atoms with E-state index in [2.05, 4.69) is 83.3 Å². The Labute approximate surface area is 148 Å². The van der Waals surface area contributed by atoms with E-state index in [4.69, 9.17) is 10.7 Å². The minimum absolute atomic E-state index is 0.536. The minimum atomic E-state index is 0.536. The first kappa shape index (κ1) is 16.7. The standard InChI is InChI=1S/C16H19BrIN3/c1-8(2)5-12-14(18)15(19)21-16(20-12)11-6-9(3)13(17)10(4)7-11/h6-8H,5H2,1-4H3,(H2,19,20,21). The molecule has 5 heteroatoms. The van der Waals surface area contributed by atoms with Crippen LogP contribution in [0.25, 0.3) is 11.4 Å². The highest BCUT2D eigenvalue weighted by Gasteiger charge is 2.14. The van der Waals surface area contributed by atoms with Crippen molar-refractivity contribution in [2.75, 3.05) is 5.73 Å². The van der Waals surface area contributed by atoms with E-state index in [0.29, 0.717) is 17.6 Å². The van der Waals surface area contributed by atoms with Gasteiger partial charge in [-0.05, 0) is 72.0 Å². The van der Waals surface area contributed by atoms with E-state index >= 15 is 0 Å². The zero-order chi connectivity index (χ0) is 15.7. The summed E-state index contributed by atoms with van der Waals surface area (Å²) in [5, 5.41) is 0. The number of aromatic nitrogens is 2. The van der Waals surface area contributed by atoms with E-state index in [1.54, 1.807) is 0 Å². The molecule has 0 amide bonds. The fourth-order valence-electron chi connectivity index (χ4n) is 2.24. The number of anilines is 1. The second-order valence-corrected chi connectivity index (χ2v) is 7.59. The van der Waals surface area contributed by atoms with E-state index in [0.717, 1.165) is 25.7 Å². The first-order valence-electron chi connectivity index (χ1n) is 6.88. The summed E-state index contributed by atoms with van der Waals surface area (Å²) in [5.74, 6) is 1.81. The summed E-state index contributed by atoms with van der Waals surface area (Å²) in [6.07, 6.45) is 0.909. The third kappa shape index (κ3) is 3.74. The predicted octanol–water partition coefficient (Wildman–Crippen LogP) is 4.91. The van der Waals surface area contributed by atoms with Gasteiger partial charge in [-0.1, -0.05) is 29.8 Å². The molecule has 0 aliphatic heterocycles. The summed E-state index contributed by atoms with van der Waals surface area (Å²) in [6, 6.07) is 4.19. The normalized spacial score (nSPS) is 11.2. The van der Waals surface area contributed by atoms with Crippen molar-refractivity contribution in [2.45, 2.75) is 34.1 Å². The van der Waals surface area contributed by atoms with Crippen LogP contribution in [0.15, 0.2) is 16.6 Å². The van der Waals surface area contributed by atoms with E-state index < -0.39 is 0 Å². The van der Waals surface area contributed by atoms with E-state index in [-0.39, 0.29) is 0 Å². The van der Waals surface area contributed by atoms with Gasteiger partial charge in [0.2, 0.25) is 0 Å². The first-order valence-corrected chi connectivity index (χ1v) is 8.75. The van der Waals surface area contributed by atoms with Gasteiger partial charge < -0.3 is 5.73 Å². The molecule has 112 valence electrons. The van der Waals surface area contributed by atoms with Crippen LogP contribution >= 0.6 is 38.5 Å². The predicted molar refractivity (Wildman–Crippen MR) is 100 cm³/mol. The largest absolute Gasteiger partial charge is 0.383 e. The summed E-state index contributed by atoms with van der Waals surface area (Å²) < 4.78 is 2.10. The summed E-state index contributed by atoms with van der Waals surface area (Å²) in [4.78, 5) is 9.21. The van der Waals surface area contributed by atoms with Gasteiger partial charge in [-0.15, -0.1) is 0 Å². The Morgan fingerprint density at radius 3 is 2.29 bits per heavy atom. The van der Waals surface area contributed by atoms with Gasteiger partial charge in [0.1, 0.15) is 5.82 Å². The summed E-state index contributed by atoms with van der Waals surface area (Å²) in [7, 11) is 0. The molecular weight excluding hydrogens is 441 g/mol. The van der Waals surface area contributed by atoms with Crippen molar-refractivity contribution in [1.29, 1.82) is 0 Å². The maximum atomic E-state index is 6.07. The molecule has 0 saturated heterocycles. The average molecular weight is 460 g/mol. The SMILES string of the molecule is Cc1cc(-c2nc(N)c(I)c(CC(C)C)n2)cc(C)c1Br. The molecule has 0 atom stereocenters. The number of hydrogen-bond donors (Lipinski definition) is 1. The molecule has 0 fully saturated rings. The quantitative estimate of drug-likeness (QED) is 0.663. The van der Waals surface area contributed by atoms with Crippen LogP contribution in [0.3, 0.4) is 0 Å². The van der Waals surface area contributed by atoms with Gasteiger partial charge in [0, 0.05) is 10.0 Å². The number of benzene rings is 1. The highest BCUT2D eigenvalue weighted by Crippen LogP contribution is 2.29. The molecule has 1 aromatic carbocycles. The molecule has 0 aliphatic rings. The molecule has 1 aromatic heterocycles. The molecule has 2 aromatic rings. The number of halogens is 2. The number of aryl methyl sites for hydroxylation is 2. The zero-order valence-electron chi connectivity index (χ0n) is 12.7. The Morgan fingerprint density at radius 1 is 1.19 bits per heavy atom. The van der Waals surface area contributed by atoms with Crippen molar-refractivity contribution < 1.29 is 0 Å². The van der Waals surface area contributed by atoms with Gasteiger partial charge in [-0.3, -0.25) is 0 Å². The second kappa shape index (κ2) is 6.60. The molecule has 3 nitrogen and oxygen atoms in total. The van der Waals surface area contributed by atoms with Gasteiger partial charge in [-0.2, -0.15) is 0 Å². The lowest BCUT2D eigenvalue weighted by Crippen LogP contribution is -2.07. The third-order valence-corrected chi connectivity index (χ3v) is 5.67. The van der Waals surface area contributed by atoms with Crippen LogP contribution in [0.1, 0.15) is 30.7 Å². The van der Waals surface area contributed by atoms with Crippen LogP contribution in [-0.2, 0) is 6.42 Å². The van der Waals surface area contributed by atoms with Crippen molar-refractivity contribution in [3.05, 3.63) is 37.0 Å². The van der Waals surface area contributed by atoms with Gasteiger partial charge in [0.05, 0.1) is 9.26 Å². The molecule has 0 saturated carbocycles. The van der Waals surface area contributed by atoms with Gasteiger partial charge in [-0.25, -0.2) is 9.97 Å². The number of nitrogens with two attached hydrogens (primary N) is 1. The lowest BCUT2D eigenvalue weighted by Gasteiger charge is -2.12. The Hall–Kier alpha value is -0.690. The fraction of sp³-hybridized carbons (Fsp3) is 0.375. The van der Waals surface area contributed by atoms with Crippen LogP contribution < -0.4 is 5.73 Å². The maximum absolute atomic E-state index is 6.07. The van der Waals surface area contributed by atoms with Crippen molar-refractivity contribution >= 4 is 44.3 Å². The number of hydrogen-bond acceptors (Lipinski definition) is 3. The molecule has 0 spiro atoms. The summed E-state index contributed by atoms with van der Waals surface area (Å²) in [5.41, 5.74) is 10.5. The Balaban J connectivity index is 2.57. The number of nitrogens with zero attached hydrogens (tertiary/aromatic N) is 2. The van der Waals surface area contributed by atoms with Crippen LogP contribution in [0, 0.1) is 23.3 Å². The molecule has 2 N–H and O–H groups in total. The lowest BCUT2D eigenvalue weighted by atomic mass is 10.1. The smallest absolute Gasteiger partial charge is 0.161 e. The van der Waals surface area contributed by atoms with E-state index in [1.807, 2.05) is 0 Å². The third-order valence-electron chi connectivity index (χ3n) is 3.24. The van der Waals surface area contributed by atoms with Crippen molar-refractivity contribution in [3.63, 3.8) is 0 Å². The van der Waals surface area contributed by atoms with Crippen LogP contribution in [0.2, 0.25) is 0 Å². The molecule has 0 aliphatic carbocycles. The molecule has 2 rings (SSSR count). The average Bonchev–Trinajstić information content (AvgIpc) is 2.39. The Morgan fingerprint density at radius 2 is 1.76 bits per heavy atom. The number of rotatable bonds is 3. The van der Waals surface area contributed by atoms with Crippen molar-refractivity contribution in [3.8, 4) is 11.4 Å². The molecule has 0 unspecified atom stereocenters. The van der Waals surface area contributed by atoms with Crippen LogP contribution in [0.5, 0.6) is 0 Å². The topological polar surface area (TPSA) is 51.8 Å². The second-order valence-electron chi connectivity index (χ2n) is 5.72. The lowest BCUT2D eigenvalue weighted by molar-refractivity contribution is 0.632. The fourth-order valence-corrected chi connectivity index (χ4v) is 2.93. The summed E-state index contributed by atoms with van der Waals surface area (Å²) in [6.45, 7) is 8.52. The van der Waals surface area contributed by atoms with E-state index in [1.165, 1.54) is 11.1 Å². The Bertz CT molecular complexity index is 660. The van der Waals surface area contributed by atoms with Gasteiger partial charge >= 0.3 is 0 Å². The first-order chi connectivity index (χ1) is 9.79. The minimum Gasteiger partial charge on any atom is -0.383 e. The Kier molecular flexibility index (Phi) is 5.24. The van der Waals surface area contributed by atoms with Crippen molar-refractivity contribution in [1.82, 2.24) is 9.97 Å². The molecule has 1 heterocycles. The van der Waals surface area contributed by atoms with Crippen LogP contribution in [0.4, 0.5) is 5.82 Å². The van der Waals surface area contributed by atoms with Gasteiger partial charge in [0.25, 0.3) is 0 Å². The maximum Gasteiger partial charge on any atom is 0.161 e. The highest BCUT2D eigenvalue weighted by molar-refractivity contribution is 14.1. The molecule has 21 heavy (non-hydrogen) atoms. The molecular formula is C16H19BrIN3. The number of nitrogen functional groups attached to an aromatic ring is 1.